The van der Waals surface area contributed by atoms with Crippen LogP contribution in [-0.2, 0) is 0 Å². The number of aromatic nitrogens is 2. The first kappa shape index (κ1) is 14.9. The van der Waals surface area contributed by atoms with E-state index in [0.29, 0.717) is 10.0 Å². The maximum absolute atomic E-state index is 12.5. The Balaban J connectivity index is 2.47. The van der Waals surface area contributed by atoms with Crippen molar-refractivity contribution < 1.29 is 14.3 Å². The summed E-state index contributed by atoms with van der Waals surface area (Å²) in [6.45, 7) is 0. The highest BCUT2D eigenvalue weighted by molar-refractivity contribution is 9.11. The Morgan fingerprint density at radius 1 is 1.20 bits per heavy atom. The summed E-state index contributed by atoms with van der Waals surface area (Å²) in [6, 6.07) is 5.26. The van der Waals surface area contributed by atoms with Crippen molar-refractivity contribution in [2.45, 2.75) is 0 Å². The Labute approximate surface area is 132 Å². The van der Waals surface area contributed by atoms with Crippen LogP contribution < -0.4 is 9.47 Å². The van der Waals surface area contributed by atoms with Crippen LogP contribution >= 0.6 is 31.9 Å². The summed E-state index contributed by atoms with van der Waals surface area (Å²) >= 11 is 6.69. The summed E-state index contributed by atoms with van der Waals surface area (Å²) in [5.41, 5.74) is 0.613. The van der Waals surface area contributed by atoms with Gasteiger partial charge in [0, 0.05) is 14.5 Å². The molecular formula is C13H10Br2N2O3. The Bertz CT molecular complexity index is 662. The highest BCUT2D eigenvalue weighted by Gasteiger charge is 2.20. The molecule has 104 valence electrons. The summed E-state index contributed by atoms with van der Waals surface area (Å²) < 4.78 is 11.6. The van der Waals surface area contributed by atoms with Crippen LogP contribution in [0.25, 0.3) is 0 Å². The number of hydrogen-bond acceptors (Lipinski definition) is 5. The fourth-order valence-electron chi connectivity index (χ4n) is 1.55. The molecule has 0 amide bonds. The summed E-state index contributed by atoms with van der Waals surface area (Å²) in [5.74, 6) is 0.133. The molecule has 0 fully saturated rings. The Morgan fingerprint density at radius 2 is 1.95 bits per heavy atom. The van der Waals surface area contributed by atoms with Crippen molar-refractivity contribution in [3.8, 4) is 11.8 Å². The molecular weight excluding hydrogens is 392 g/mol. The molecule has 0 aliphatic rings. The van der Waals surface area contributed by atoms with E-state index in [1.165, 1.54) is 20.4 Å². The minimum atomic E-state index is -0.281. The molecule has 5 nitrogen and oxygen atoms in total. The number of benzene rings is 1. The molecule has 0 atom stereocenters. The lowest BCUT2D eigenvalue weighted by Gasteiger charge is -2.08. The quantitative estimate of drug-likeness (QED) is 0.736. The van der Waals surface area contributed by atoms with Crippen LogP contribution in [0.4, 0.5) is 0 Å². The highest BCUT2D eigenvalue weighted by Crippen LogP contribution is 2.26. The average Bonchev–Trinajstić information content (AvgIpc) is 2.46. The number of nitrogens with zero attached hydrogens (tertiary/aromatic N) is 2. The maximum Gasteiger partial charge on any atom is 0.247 e. The van der Waals surface area contributed by atoms with E-state index in [1.54, 1.807) is 18.2 Å². The van der Waals surface area contributed by atoms with Gasteiger partial charge in [0.25, 0.3) is 0 Å². The van der Waals surface area contributed by atoms with Crippen molar-refractivity contribution in [3.05, 3.63) is 44.6 Å². The van der Waals surface area contributed by atoms with Crippen LogP contribution in [0, 0.1) is 0 Å². The van der Waals surface area contributed by atoms with E-state index >= 15 is 0 Å². The fraction of sp³-hybridized carbons (Fsp3) is 0.154. The Kier molecular flexibility index (Phi) is 4.72. The predicted octanol–water partition coefficient (Wildman–Crippen LogP) is 3.25. The van der Waals surface area contributed by atoms with E-state index in [4.69, 9.17) is 9.47 Å². The third-order valence-corrected chi connectivity index (χ3v) is 3.66. The van der Waals surface area contributed by atoms with Crippen LogP contribution in [-0.4, -0.2) is 30.0 Å². The van der Waals surface area contributed by atoms with Gasteiger partial charge in [-0.05, 0) is 34.1 Å². The largest absolute Gasteiger partial charge is 0.480 e. The van der Waals surface area contributed by atoms with Crippen molar-refractivity contribution in [1.82, 2.24) is 9.97 Å². The highest BCUT2D eigenvalue weighted by atomic mass is 79.9. The molecule has 0 aliphatic heterocycles. The van der Waals surface area contributed by atoms with Crippen molar-refractivity contribution in [3.63, 3.8) is 0 Å². The first-order valence-electron chi connectivity index (χ1n) is 5.51. The number of rotatable bonds is 4. The number of carbonyl (C=O) groups is 1. The van der Waals surface area contributed by atoms with Crippen molar-refractivity contribution in [2.75, 3.05) is 14.2 Å². The van der Waals surface area contributed by atoms with E-state index in [9.17, 15) is 4.79 Å². The molecule has 2 aromatic rings. The first-order chi connectivity index (χ1) is 9.56. The molecule has 20 heavy (non-hydrogen) atoms. The third kappa shape index (κ3) is 2.99. The molecule has 0 bridgehead atoms. The van der Waals surface area contributed by atoms with Crippen LogP contribution in [0.1, 0.15) is 16.1 Å². The Hall–Kier alpha value is -1.47. The van der Waals surface area contributed by atoms with Gasteiger partial charge in [-0.2, -0.15) is 4.98 Å². The molecule has 0 unspecified atom stereocenters. The normalized spacial score (nSPS) is 10.2. The third-order valence-electron chi connectivity index (χ3n) is 2.51. The summed E-state index contributed by atoms with van der Waals surface area (Å²) in [4.78, 5) is 20.6. The van der Waals surface area contributed by atoms with Crippen molar-refractivity contribution in [1.29, 1.82) is 0 Å². The lowest BCUT2D eigenvalue weighted by atomic mass is 10.1. The zero-order valence-electron chi connectivity index (χ0n) is 10.7. The SMILES string of the molecule is COc1cnc(C(=O)c2ccc(Br)cc2Br)c(OC)n1. The summed E-state index contributed by atoms with van der Waals surface area (Å²) in [6.07, 6.45) is 1.38. The second kappa shape index (κ2) is 6.32. The molecule has 0 spiro atoms. The number of hydrogen-bond donors (Lipinski definition) is 0. The fourth-order valence-corrected chi connectivity index (χ4v) is 2.78. The Morgan fingerprint density at radius 3 is 2.55 bits per heavy atom. The number of ether oxygens (including phenoxy) is 2. The number of halogens is 2. The molecule has 1 aromatic carbocycles. The zero-order valence-corrected chi connectivity index (χ0v) is 13.9. The lowest BCUT2D eigenvalue weighted by Crippen LogP contribution is -2.09. The topological polar surface area (TPSA) is 61.3 Å². The van der Waals surface area contributed by atoms with E-state index in [-0.39, 0.29) is 23.2 Å². The molecule has 2 rings (SSSR count). The summed E-state index contributed by atoms with van der Waals surface area (Å²) in [5, 5.41) is 0. The number of methoxy groups -OCH3 is 2. The minimum Gasteiger partial charge on any atom is -0.480 e. The molecule has 7 heteroatoms. The van der Waals surface area contributed by atoms with Gasteiger partial charge in [0.2, 0.25) is 17.5 Å². The van der Waals surface area contributed by atoms with E-state index < -0.39 is 0 Å². The minimum absolute atomic E-state index is 0.129. The molecule has 0 aliphatic carbocycles. The van der Waals surface area contributed by atoms with E-state index in [1.807, 2.05) is 0 Å². The van der Waals surface area contributed by atoms with E-state index in [2.05, 4.69) is 41.8 Å². The van der Waals surface area contributed by atoms with Gasteiger partial charge in [0.15, 0.2) is 5.69 Å². The first-order valence-corrected chi connectivity index (χ1v) is 7.10. The van der Waals surface area contributed by atoms with Crippen LogP contribution in [0.2, 0.25) is 0 Å². The van der Waals surface area contributed by atoms with E-state index in [0.717, 1.165) is 4.47 Å². The second-order valence-corrected chi connectivity index (χ2v) is 5.49. The predicted molar refractivity (Wildman–Crippen MR) is 80.4 cm³/mol. The van der Waals surface area contributed by atoms with Crippen molar-refractivity contribution in [2.24, 2.45) is 0 Å². The molecule has 0 N–H and O–H groups in total. The molecule has 1 heterocycles. The standard InChI is InChI=1S/C13H10Br2N2O3/c1-19-10-6-16-11(13(17-10)20-2)12(18)8-4-3-7(14)5-9(8)15/h3-6H,1-2H3. The lowest BCUT2D eigenvalue weighted by molar-refractivity contribution is 0.102. The maximum atomic E-state index is 12.5. The van der Waals surface area contributed by atoms with Crippen molar-refractivity contribution >= 4 is 37.6 Å². The van der Waals surface area contributed by atoms with Crippen LogP contribution in [0.15, 0.2) is 33.3 Å². The van der Waals surface area contributed by atoms with Crippen LogP contribution in [0.5, 0.6) is 11.8 Å². The zero-order chi connectivity index (χ0) is 14.7. The van der Waals surface area contributed by atoms with Gasteiger partial charge < -0.3 is 9.47 Å². The van der Waals surface area contributed by atoms with Gasteiger partial charge >= 0.3 is 0 Å². The monoisotopic (exact) mass is 400 g/mol. The summed E-state index contributed by atoms with van der Waals surface area (Å²) in [7, 11) is 2.90. The molecule has 0 saturated heterocycles. The van der Waals surface area contributed by atoms with Gasteiger partial charge in [-0.25, -0.2) is 4.98 Å². The molecule has 0 saturated carbocycles. The number of carbonyl (C=O) groups excluding carboxylic acids is 1. The van der Waals surface area contributed by atoms with Gasteiger partial charge in [0.1, 0.15) is 0 Å². The number of ketones is 1. The van der Waals surface area contributed by atoms with Gasteiger partial charge in [0.05, 0.1) is 20.4 Å². The van der Waals surface area contributed by atoms with Crippen LogP contribution in [0.3, 0.4) is 0 Å². The molecule has 1 aromatic heterocycles. The van der Waals surface area contributed by atoms with Gasteiger partial charge in [-0.1, -0.05) is 15.9 Å². The second-order valence-electron chi connectivity index (χ2n) is 3.72. The van der Waals surface area contributed by atoms with Gasteiger partial charge in [-0.3, -0.25) is 4.79 Å². The molecule has 0 radical (unpaired) electrons. The average molecular weight is 402 g/mol. The van der Waals surface area contributed by atoms with Gasteiger partial charge in [-0.15, -0.1) is 0 Å². The smallest absolute Gasteiger partial charge is 0.247 e.